The zero-order valence-electron chi connectivity index (χ0n) is 21.0. The predicted molar refractivity (Wildman–Crippen MR) is 142 cm³/mol. The average Bonchev–Trinajstić information content (AvgIpc) is 3.36. The number of carboxylic acid groups (broad SMARTS) is 1. The number of carbonyl (C=O) groups is 2. The van der Waals surface area contributed by atoms with Gasteiger partial charge in [-0.2, -0.15) is 0 Å². The van der Waals surface area contributed by atoms with Crippen LogP contribution >= 0.6 is 17.0 Å². The predicted octanol–water partition coefficient (Wildman–Crippen LogP) is 3.67. The molecule has 0 radical (unpaired) electrons. The molecule has 0 bridgehead atoms. The largest absolute Gasteiger partial charge is 0.505 e. The van der Waals surface area contributed by atoms with Gasteiger partial charge in [-0.25, -0.2) is 9.78 Å². The van der Waals surface area contributed by atoms with Crippen LogP contribution in [0.15, 0.2) is 24.3 Å². The van der Waals surface area contributed by atoms with Crippen LogP contribution in [0.4, 0.5) is 5.69 Å². The third-order valence-electron chi connectivity index (χ3n) is 6.50. The molecule has 36 heavy (non-hydrogen) atoms. The Hall–Kier alpha value is -2.98. The molecule has 0 amide bonds. The lowest BCUT2D eigenvalue weighted by Crippen LogP contribution is -2.31. The van der Waals surface area contributed by atoms with Crippen LogP contribution in [0.3, 0.4) is 0 Å². The summed E-state index contributed by atoms with van der Waals surface area (Å²) in [4.78, 5) is 32.4. The first-order chi connectivity index (χ1) is 16.4. The lowest BCUT2D eigenvalue weighted by atomic mass is 9.84. The fraction of sp³-hybridized carbons (Fsp3) is 0.462. The quantitative estimate of drug-likeness (QED) is 0.437. The second kappa shape index (κ2) is 10.6. The molecular formula is C26H33BrN4O5. The van der Waals surface area contributed by atoms with Crippen molar-refractivity contribution in [3.05, 3.63) is 52.3 Å². The van der Waals surface area contributed by atoms with Gasteiger partial charge in [0.1, 0.15) is 23.9 Å². The lowest BCUT2D eigenvalue weighted by molar-refractivity contribution is -0.143. The molecule has 3 heterocycles. The fourth-order valence-corrected chi connectivity index (χ4v) is 4.62. The number of Topliss-reactive ketones (excluding diaryl/α,β-unsaturated/α-hetero) is 1. The van der Waals surface area contributed by atoms with E-state index < -0.39 is 11.4 Å². The molecule has 4 rings (SSSR count). The number of fused-ring (bicyclic) bond motifs is 1. The number of phenols is 1. The van der Waals surface area contributed by atoms with Crippen molar-refractivity contribution in [3.8, 4) is 5.75 Å². The van der Waals surface area contributed by atoms with Crippen molar-refractivity contribution in [2.75, 3.05) is 31.1 Å². The molecule has 3 N–H and O–H groups in total. The molecule has 0 spiro atoms. The molecule has 1 atom stereocenters. The standard InChI is InChI=1S/C26H32N4O5.BrH/c1-15-5-6-16-11-30(25(27)23(16)28-15)13-21(31)17-9-19(26(2,3)4)24(34)20(10-17)29-8-7-18(12-29)35-14-22(32)33;/h5-6,9-10,18,27,34H,7-8,11-14H2,1-4H3,(H,32,33);1H. The van der Waals surface area contributed by atoms with E-state index in [-0.39, 0.29) is 53.6 Å². The highest BCUT2D eigenvalue weighted by Gasteiger charge is 2.32. The maximum absolute atomic E-state index is 13.4. The third-order valence-corrected chi connectivity index (χ3v) is 6.50. The Labute approximate surface area is 221 Å². The number of aryl methyl sites for hydroxylation is 1. The number of carbonyl (C=O) groups excluding carboxylic acids is 1. The molecule has 1 unspecified atom stereocenters. The van der Waals surface area contributed by atoms with Crippen LogP contribution < -0.4 is 4.90 Å². The summed E-state index contributed by atoms with van der Waals surface area (Å²) in [6, 6.07) is 7.29. The van der Waals surface area contributed by atoms with Gasteiger partial charge >= 0.3 is 5.97 Å². The number of ketones is 1. The number of hydrogen-bond donors (Lipinski definition) is 3. The van der Waals surface area contributed by atoms with E-state index in [9.17, 15) is 14.7 Å². The van der Waals surface area contributed by atoms with Crippen molar-refractivity contribution in [1.29, 1.82) is 5.41 Å². The van der Waals surface area contributed by atoms with Crippen molar-refractivity contribution in [2.24, 2.45) is 0 Å². The number of amidine groups is 1. The average molecular weight is 561 g/mol. The lowest BCUT2D eigenvalue weighted by Gasteiger charge is -2.27. The van der Waals surface area contributed by atoms with Crippen LogP contribution in [-0.4, -0.2) is 70.0 Å². The van der Waals surface area contributed by atoms with E-state index in [2.05, 4.69) is 4.98 Å². The fourth-order valence-electron chi connectivity index (χ4n) is 4.62. The highest BCUT2D eigenvalue weighted by molar-refractivity contribution is 8.93. The summed E-state index contributed by atoms with van der Waals surface area (Å²) in [5.74, 6) is -0.809. The molecule has 10 heteroatoms. The first-order valence-corrected chi connectivity index (χ1v) is 11.7. The van der Waals surface area contributed by atoms with Crippen LogP contribution in [0.2, 0.25) is 0 Å². The molecule has 1 aromatic heterocycles. The van der Waals surface area contributed by atoms with Crippen LogP contribution in [0, 0.1) is 12.3 Å². The van der Waals surface area contributed by atoms with E-state index in [0.29, 0.717) is 48.6 Å². The molecule has 1 fully saturated rings. The van der Waals surface area contributed by atoms with E-state index in [1.165, 1.54) is 0 Å². The molecule has 2 aliphatic rings. The third kappa shape index (κ3) is 5.70. The number of halogens is 1. The molecule has 194 valence electrons. The number of aliphatic carboxylic acids is 1. The zero-order chi connectivity index (χ0) is 25.5. The molecule has 0 aliphatic carbocycles. The Morgan fingerprint density at radius 2 is 1.97 bits per heavy atom. The van der Waals surface area contributed by atoms with Gasteiger partial charge in [0, 0.05) is 42.0 Å². The number of nitrogens with one attached hydrogen (secondary N) is 1. The van der Waals surface area contributed by atoms with E-state index in [0.717, 1.165) is 11.3 Å². The van der Waals surface area contributed by atoms with Gasteiger partial charge < -0.3 is 24.7 Å². The minimum Gasteiger partial charge on any atom is -0.505 e. The number of nitrogens with zero attached hydrogens (tertiary/aromatic N) is 3. The Balaban J connectivity index is 0.00000361. The molecule has 0 saturated carbocycles. The number of ether oxygens (including phenoxy) is 1. The van der Waals surface area contributed by atoms with Crippen LogP contribution in [0.5, 0.6) is 5.75 Å². The monoisotopic (exact) mass is 560 g/mol. The van der Waals surface area contributed by atoms with Crippen molar-refractivity contribution < 1.29 is 24.5 Å². The maximum atomic E-state index is 13.4. The number of carboxylic acids is 1. The van der Waals surface area contributed by atoms with Gasteiger partial charge in [0.05, 0.1) is 18.3 Å². The maximum Gasteiger partial charge on any atom is 0.329 e. The normalized spacial score (nSPS) is 17.2. The van der Waals surface area contributed by atoms with Crippen molar-refractivity contribution in [1.82, 2.24) is 9.88 Å². The van der Waals surface area contributed by atoms with E-state index in [1.807, 2.05) is 44.7 Å². The Morgan fingerprint density at radius 3 is 2.64 bits per heavy atom. The van der Waals surface area contributed by atoms with Gasteiger partial charge in [-0.1, -0.05) is 26.8 Å². The summed E-state index contributed by atoms with van der Waals surface area (Å²) >= 11 is 0. The number of hydrogen-bond acceptors (Lipinski definition) is 7. The van der Waals surface area contributed by atoms with Crippen molar-refractivity contribution >= 4 is 40.3 Å². The number of pyridine rings is 1. The molecule has 2 aromatic rings. The zero-order valence-corrected chi connectivity index (χ0v) is 22.7. The van der Waals surface area contributed by atoms with E-state index in [4.69, 9.17) is 15.3 Å². The number of aromatic nitrogens is 1. The molecule has 1 aromatic carbocycles. The molecule has 2 aliphatic heterocycles. The van der Waals surface area contributed by atoms with Gasteiger partial charge in [0.15, 0.2) is 5.78 Å². The molecular weight excluding hydrogens is 528 g/mol. The van der Waals surface area contributed by atoms with Crippen molar-refractivity contribution in [2.45, 2.75) is 52.2 Å². The summed E-state index contributed by atoms with van der Waals surface area (Å²) in [7, 11) is 0. The topological polar surface area (TPSA) is 127 Å². The molecule has 9 nitrogen and oxygen atoms in total. The minimum absolute atomic E-state index is 0. The van der Waals surface area contributed by atoms with Gasteiger partial charge in [-0.3, -0.25) is 10.2 Å². The van der Waals surface area contributed by atoms with Crippen molar-refractivity contribution in [3.63, 3.8) is 0 Å². The Bertz CT molecular complexity index is 1190. The first-order valence-electron chi connectivity index (χ1n) is 11.7. The van der Waals surface area contributed by atoms with Gasteiger partial charge in [-0.15, -0.1) is 17.0 Å². The Kier molecular flexibility index (Phi) is 8.10. The highest BCUT2D eigenvalue weighted by Crippen LogP contribution is 2.40. The van der Waals surface area contributed by atoms with E-state index in [1.54, 1.807) is 17.0 Å². The number of benzene rings is 1. The number of rotatable bonds is 7. The Morgan fingerprint density at radius 1 is 1.25 bits per heavy atom. The van der Waals surface area contributed by atoms with Gasteiger partial charge in [-0.05, 0) is 37.0 Å². The van der Waals surface area contributed by atoms with Gasteiger partial charge in [0.2, 0.25) is 0 Å². The summed E-state index contributed by atoms with van der Waals surface area (Å²) < 4.78 is 5.44. The first kappa shape index (κ1) is 27.6. The number of anilines is 1. The minimum atomic E-state index is -1.02. The highest BCUT2D eigenvalue weighted by atomic mass is 79.9. The second-order valence-electron chi connectivity index (χ2n) is 10.3. The van der Waals surface area contributed by atoms with Crippen LogP contribution in [0.1, 0.15) is 60.1 Å². The summed E-state index contributed by atoms with van der Waals surface area (Å²) in [5.41, 5.74) is 3.63. The SMILES string of the molecule is Br.Cc1ccc2c(n1)C(=N)N(CC(=O)c1cc(N3CCC(OCC(=O)O)C3)c(O)c(C(C)(C)C)c1)C2. The van der Waals surface area contributed by atoms with Gasteiger partial charge in [0.25, 0.3) is 0 Å². The number of phenolic OH excluding ortho intramolecular Hbond substituents is 1. The second-order valence-corrected chi connectivity index (χ2v) is 10.3. The molecule has 1 saturated heterocycles. The smallest absolute Gasteiger partial charge is 0.329 e. The number of aromatic hydroxyl groups is 1. The summed E-state index contributed by atoms with van der Waals surface area (Å²) in [6.07, 6.45) is 0.369. The van der Waals surface area contributed by atoms with Crippen LogP contribution in [-0.2, 0) is 21.5 Å². The van der Waals surface area contributed by atoms with E-state index >= 15 is 0 Å². The van der Waals surface area contributed by atoms with Crippen LogP contribution in [0.25, 0.3) is 0 Å². The summed E-state index contributed by atoms with van der Waals surface area (Å²) in [6.45, 7) is 8.94. The summed E-state index contributed by atoms with van der Waals surface area (Å²) in [5, 5.41) is 28.5.